The molecule has 2 aliphatic carbocycles. The molecule has 27 heavy (non-hydrogen) atoms. The van der Waals surface area contributed by atoms with E-state index in [1.165, 1.54) is 63.0 Å². The molecule has 2 aliphatic heterocycles. The number of hydrogen-bond donors (Lipinski definition) is 0. The van der Waals surface area contributed by atoms with Crippen molar-refractivity contribution in [3.63, 3.8) is 0 Å². The summed E-state index contributed by atoms with van der Waals surface area (Å²) >= 11 is 0. The van der Waals surface area contributed by atoms with Crippen LogP contribution in [0.25, 0.3) is 0 Å². The molecule has 0 aromatic carbocycles. The van der Waals surface area contributed by atoms with Gasteiger partial charge in [-0.1, -0.05) is 11.6 Å². The molecule has 2 aromatic rings. The van der Waals surface area contributed by atoms with Gasteiger partial charge in [-0.2, -0.15) is 4.98 Å². The van der Waals surface area contributed by atoms with Crippen LogP contribution in [0.5, 0.6) is 0 Å². The predicted molar refractivity (Wildman–Crippen MR) is 98.2 cm³/mol. The van der Waals surface area contributed by atoms with E-state index >= 15 is 0 Å². The Morgan fingerprint density at radius 2 is 1.93 bits per heavy atom. The molecule has 7 nitrogen and oxygen atoms in total. The molecule has 0 radical (unpaired) electrons. The van der Waals surface area contributed by atoms with Gasteiger partial charge in [0.15, 0.2) is 5.82 Å². The summed E-state index contributed by atoms with van der Waals surface area (Å²) in [7, 11) is 0. The summed E-state index contributed by atoms with van der Waals surface area (Å²) < 4.78 is 7.92. The Morgan fingerprint density at radius 1 is 1.04 bits per heavy atom. The monoisotopic (exact) mass is 368 g/mol. The van der Waals surface area contributed by atoms with Crippen LogP contribution in [-0.4, -0.2) is 42.9 Å². The van der Waals surface area contributed by atoms with Crippen LogP contribution >= 0.6 is 0 Å². The lowest BCUT2D eigenvalue weighted by atomic mass is 9.90. The number of rotatable bonds is 4. The van der Waals surface area contributed by atoms with Crippen molar-refractivity contribution in [3.8, 4) is 0 Å². The zero-order valence-corrected chi connectivity index (χ0v) is 15.9. The van der Waals surface area contributed by atoms with Gasteiger partial charge in [-0.25, -0.2) is 0 Å². The first-order valence-electron chi connectivity index (χ1n) is 10.8. The van der Waals surface area contributed by atoms with E-state index in [1.807, 2.05) is 0 Å². The van der Waals surface area contributed by atoms with Crippen molar-refractivity contribution in [1.29, 1.82) is 0 Å². The standard InChI is InChI=1S/C20H28N6O/c1-2-4-16-22-23-19(26(16)9-3-1)15-12-20(15)7-10-25(11-8-20)13-17-21-18(24-27-17)14-5-6-14/h14-15H,1-13H2. The predicted octanol–water partition coefficient (Wildman–Crippen LogP) is 3.03. The minimum Gasteiger partial charge on any atom is -0.338 e. The minimum absolute atomic E-state index is 0.473. The molecule has 3 fully saturated rings. The van der Waals surface area contributed by atoms with Crippen LogP contribution in [0.2, 0.25) is 0 Å². The van der Waals surface area contributed by atoms with E-state index < -0.39 is 0 Å². The van der Waals surface area contributed by atoms with Gasteiger partial charge in [0, 0.05) is 24.8 Å². The van der Waals surface area contributed by atoms with E-state index in [0.717, 1.165) is 44.3 Å². The number of aryl methyl sites for hydroxylation is 1. The van der Waals surface area contributed by atoms with Crippen LogP contribution in [0.3, 0.4) is 0 Å². The van der Waals surface area contributed by atoms with Crippen LogP contribution in [0.4, 0.5) is 0 Å². The topological polar surface area (TPSA) is 72.9 Å². The lowest BCUT2D eigenvalue weighted by molar-refractivity contribution is 0.145. The summed E-state index contributed by atoms with van der Waals surface area (Å²) in [5.74, 6) is 5.42. The van der Waals surface area contributed by atoms with E-state index in [1.54, 1.807) is 0 Å². The highest BCUT2D eigenvalue weighted by molar-refractivity contribution is 5.21. The van der Waals surface area contributed by atoms with Crippen molar-refractivity contribution in [2.75, 3.05) is 13.1 Å². The zero-order valence-electron chi connectivity index (χ0n) is 15.9. The summed E-state index contributed by atoms with van der Waals surface area (Å²) in [5.41, 5.74) is 0.473. The van der Waals surface area contributed by atoms with E-state index in [0.29, 0.717) is 17.3 Å². The Hall–Kier alpha value is -1.76. The van der Waals surface area contributed by atoms with Gasteiger partial charge < -0.3 is 9.09 Å². The summed E-state index contributed by atoms with van der Waals surface area (Å²) in [5, 5.41) is 13.3. The Kier molecular flexibility index (Phi) is 3.68. The Balaban J connectivity index is 1.09. The number of aromatic nitrogens is 5. The lowest BCUT2D eigenvalue weighted by Gasteiger charge is -2.31. The summed E-state index contributed by atoms with van der Waals surface area (Å²) in [4.78, 5) is 7.07. The fraction of sp³-hybridized carbons (Fsp3) is 0.800. The number of fused-ring (bicyclic) bond motifs is 1. The SMILES string of the molecule is C1CCc2nnc(C3CC34CCN(Cc3nc(C5CC5)no3)CC4)n2CC1. The maximum Gasteiger partial charge on any atom is 0.240 e. The van der Waals surface area contributed by atoms with Crippen LogP contribution in [0, 0.1) is 5.41 Å². The van der Waals surface area contributed by atoms with Crippen molar-refractivity contribution in [3.05, 3.63) is 23.4 Å². The van der Waals surface area contributed by atoms with Gasteiger partial charge in [-0.15, -0.1) is 10.2 Å². The molecule has 2 aromatic heterocycles. The molecule has 1 unspecified atom stereocenters. The quantitative estimate of drug-likeness (QED) is 0.826. The second-order valence-corrected chi connectivity index (χ2v) is 9.15. The fourth-order valence-electron chi connectivity index (χ4n) is 5.22. The van der Waals surface area contributed by atoms with Gasteiger partial charge in [0.05, 0.1) is 6.54 Å². The molecule has 6 rings (SSSR count). The maximum absolute atomic E-state index is 5.47. The minimum atomic E-state index is 0.473. The van der Waals surface area contributed by atoms with Crippen molar-refractivity contribution in [1.82, 2.24) is 29.8 Å². The molecule has 1 atom stereocenters. The molecule has 0 bridgehead atoms. The molecule has 1 saturated heterocycles. The third kappa shape index (κ3) is 2.91. The number of nitrogens with zero attached hydrogens (tertiary/aromatic N) is 6. The molecule has 1 spiro atoms. The number of piperidine rings is 1. The maximum atomic E-state index is 5.47. The number of hydrogen-bond acceptors (Lipinski definition) is 6. The lowest BCUT2D eigenvalue weighted by Crippen LogP contribution is -2.34. The second-order valence-electron chi connectivity index (χ2n) is 9.15. The van der Waals surface area contributed by atoms with Crippen molar-refractivity contribution in [2.45, 2.75) is 82.7 Å². The average molecular weight is 368 g/mol. The van der Waals surface area contributed by atoms with Crippen LogP contribution in [-0.2, 0) is 19.5 Å². The Morgan fingerprint density at radius 3 is 2.78 bits per heavy atom. The third-order valence-electron chi connectivity index (χ3n) is 7.28. The van der Waals surface area contributed by atoms with Crippen molar-refractivity contribution in [2.24, 2.45) is 5.41 Å². The molecule has 0 amide bonds. The van der Waals surface area contributed by atoms with Gasteiger partial charge >= 0.3 is 0 Å². The van der Waals surface area contributed by atoms with Gasteiger partial charge in [0.1, 0.15) is 11.6 Å². The first-order valence-corrected chi connectivity index (χ1v) is 10.8. The molecule has 7 heteroatoms. The van der Waals surface area contributed by atoms with E-state index in [9.17, 15) is 0 Å². The molecular formula is C20H28N6O. The molecule has 144 valence electrons. The van der Waals surface area contributed by atoms with Gasteiger partial charge in [0.25, 0.3) is 0 Å². The summed E-state index contributed by atoms with van der Waals surface area (Å²) in [6, 6.07) is 0. The first kappa shape index (κ1) is 16.2. The van der Waals surface area contributed by atoms with E-state index in [-0.39, 0.29) is 0 Å². The zero-order chi connectivity index (χ0) is 17.8. The highest BCUT2D eigenvalue weighted by atomic mass is 16.5. The molecular weight excluding hydrogens is 340 g/mol. The van der Waals surface area contributed by atoms with E-state index in [2.05, 4.69) is 29.8 Å². The molecule has 2 saturated carbocycles. The highest BCUT2D eigenvalue weighted by Gasteiger charge is 2.57. The van der Waals surface area contributed by atoms with Gasteiger partial charge in [-0.3, -0.25) is 4.90 Å². The Bertz CT molecular complexity index is 829. The largest absolute Gasteiger partial charge is 0.338 e. The van der Waals surface area contributed by atoms with Crippen LogP contribution < -0.4 is 0 Å². The third-order valence-corrected chi connectivity index (χ3v) is 7.28. The smallest absolute Gasteiger partial charge is 0.240 e. The molecule has 0 N–H and O–H groups in total. The van der Waals surface area contributed by atoms with Crippen molar-refractivity contribution >= 4 is 0 Å². The summed E-state index contributed by atoms with van der Waals surface area (Å²) in [6.07, 6.45) is 11.2. The van der Waals surface area contributed by atoms with Gasteiger partial charge in [-0.05, 0) is 63.5 Å². The molecule has 4 aliphatic rings. The van der Waals surface area contributed by atoms with Crippen LogP contribution in [0.1, 0.15) is 86.6 Å². The van der Waals surface area contributed by atoms with Crippen molar-refractivity contribution < 1.29 is 4.52 Å². The summed E-state index contributed by atoms with van der Waals surface area (Å²) in [6.45, 7) is 4.18. The average Bonchev–Trinajstić information content (AvgIpc) is 3.59. The highest BCUT2D eigenvalue weighted by Crippen LogP contribution is 2.64. The van der Waals surface area contributed by atoms with Crippen LogP contribution in [0.15, 0.2) is 4.52 Å². The Labute approximate surface area is 159 Å². The number of likely N-dealkylation sites (tertiary alicyclic amines) is 1. The van der Waals surface area contributed by atoms with E-state index in [4.69, 9.17) is 4.52 Å². The normalized spacial score (nSPS) is 27.5. The van der Waals surface area contributed by atoms with Gasteiger partial charge in [0.2, 0.25) is 5.89 Å². The second kappa shape index (κ2) is 6.12. The molecule has 4 heterocycles. The fourth-order valence-corrected chi connectivity index (χ4v) is 5.22. The first-order chi connectivity index (χ1) is 13.3.